The number of benzene rings is 1. The van der Waals surface area contributed by atoms with Gasteiger partial charge in [-0.05, 0) is 34.5 Å². The van der Waals surface area contributed by atoms with E-state index in [0.29, 0.717) is 6.42 Å². The molecule has 1 aliphatic rings. The summed E-state index contributed by atoms with van der Waals surface area (Å²) in [6, 6.07) is 9.54. The molecule has 1 aromatic carbocycles. The number of rotatable bonds is 5. The fraction of sp³-hybridized carbons (Fsp3) is 0.235. The quantitative estimate of drug-likeness (QED) is 0.813. The van der Waals surface area contributed by atoms with Crippen molar-refractivity contribution in [2.24, 2.45) is 5.10 Å². The Morgan fingerprint density at radius 3 is 2.83 bits per heavy atom. The third-order valence-corrected chi connectivity index (χ3v) is 4.98. The van der Waals surface area contributed by atoms with Crippen LogP contribution >= 0.6 is 27.3 Å². The number of hydrogen-bond donors (Lipinski definition) is 1. The van der Waals surface area contributed by atoms with Gasteiger partial charge in [0.2, 0.25) is 5.91 Å². The zero-order valence-corrected chi connectivity index (χ0v) is 15.1. The molecule has 3 rings (SSSR count). The lowest BCUT2D eigenvalue weighted by Gasteiger charge is -2.22. The van der Waals surface area contributed by atoms with Crippen molar-refractivity contribution in [2.75, 3.05) is 0 Å². The summed E-state index contributed by atoms with van der Waals surface area (Å²) in [5.41, 5.74) is 2.83. The molecule has 0 radical (unpaired) electrons. The van der Waals surface area contributed by atoms with Crippen LogP contribution in [0.15, 0.2) is 50.7 Å². The van der Waals surface area contributed by atoms with Crippen molar-refractivity contribution in [3.05, 3.63) is 56.7 Å². The smallest absolute Gasteiger partial charge is 0.303 e. The number of halogens is 1. The maximum Gasteiger partial charge on any atom is 0.303 e. The van der Waals surface area contributed by atoms with Crippen LogP contribution in [0.4, 0.5) is 0 Å². The largest absolute Gasteiger partial charge is 0.481 e. The van der Waals surface area contributed by atoms with Gasteiger partial charge in [-0.2, -0.15) is 16.4 Å². The van der Waals surface area contributed by atoms with Crippen LogP contribution in [0.25, 0.3) is 0 Å². The van der Waals surface area contributed by atoms with Gasteiger partial charge in [0.1, 0.15) is 0 Å². The Kier molecular flexibility index (Phi) is 5.11. The first-order valence-electron chi connectivity index (χ1n) is 7.44. The minimum absolute atomic E-state index is 0.0553. The SMILES string of the molecule is O=C(O)CCC(=O)N1N=C(c2ccsc2)C[C@H]1c1cccc(Br)c1. The van der Waals surface area contributed by atoms with Crippen molar-refractivity contribution in [3.63, 3.8) is 0 Å². The summed E-state index contributed by atoms with van der Waals surface area (Å²) in [6.07, 6.45) is 0.371. The average Bonchev–Trinajstić information content (AvgIpc) is 3.21. The van der Waals surface area contributed by atoms with Crippen molar-refractivity contribution in [2.45, 2.75) is 25.3 Å². The van der Waals surface area contributed by atoms with Crippen LogP contribution in [0.3, 0.4) is 0 Å². The summed E-state index contributed by atoms with van der Waals surface area (Å²) in [6.45, 7) is 0. The molecule has 1 N–H and O–H groups in total. The first-order chi connectivity index (χ1) is 11.5. The first kappa shape index (κ1) is 16.9. The summed E-state index contributed by atoms with van der Waals surface area (Å²) < 4.78 is 0.932. The highest BCUT2D eigenvalue weighted by Gasteiger charge is 2.33. The summed E-state index contributed by atoms with van der Waals surface area (Å²) in [7, 11) is 0. The highest BCUT2D eigenvalue weighted by molar-refractivity contribution is 9.10. The van der Waals surface area contributed by atoms with Crippen molar-refractivity contribution in [3.8, 4) is 0 Å². The molecule has 124 valence electrons. The van der Waals surface area contributed by atoms with E-state index in [2.05, 4.69) is 21.0 Å². The minimum atomic E-state index is -0.983. The molecule has 1 atom stereocenters. The van der Waals surface area contributed by atoms with E-state index in [-0.39, 0.29) is 24.8 Å². The van der Waals surface area contributed by atoms with Crippen molar-refractivity contribution in [1.82, 2.24) is 5.01 Å². The molecule has 5 nitrogen and oxygen atoms in total. The van der Waals surface area contributed by atoms with Crippen LogP contribution in [0.5, 0.6) is 0 Å². The van der Waals surface area contributed by atoms with Gasteiger partial charge in [-0.15, -0.1) is 0 Å². The number of nitrogens with zero attached hydrogens (tertiary/aromatic N) is 2. The van der Waals surface area contributed by atoms with Gasteiger partial charge in [-0.25, -0.2) is 5.01 Å². The second-order valence-corrected chi connectivity index (χ2v) is 7.16. The standard InChI is InChI=1S/C17H15BrN2O3S/c18-13-3-1-2-11(8-13)15-9-14(12-6-7-24-10-12)19-20(15)16(21)4-5-17(22)23/h1-3,6-8,10,15H,4-5,9H2,(H,22,23)/t15-/m0/s1. The number of hydrazone groups is 1. The van der Waals surface area contributed by atoms with E-state index in [4.69, 9.17) is 5.11 Å². The fourth-order valence-corrected chi connectivity index (χ4v) is 3.73. The Bertz CT molecular complexity index is 789. The van der Waals surface area contributed by atoms with Crippen molar-refractivity contribution >= 4 is 44.9 Å². The molecule has 0 fully saturated rings. The highest BCUT2D eigenvalue weighted by atomic mass is 79.9. The Hall–Kier alpha value is -1.99. The van der Waals surface area contributed by atoms with E-state index in [9.17, 15) is 9.59 Å². The molecule has 7 heteroatoms. The molecule has 2 heterocycles. The van der Waals surface area contributed by atoms with Gasteiger partial charge in [0.05, 0.1) is 18.2 Å². The second-order valence-electron chi connectivity index (χ2n) is 5.47. The molecule has 1 aromatic heterocycles. The van der Waals surface area contributed by atoms with Crippen LogP contribution in [0.2, 0.25) is 0 Å². The van der Waals surface area contributed by atoms with Crippen LogP contribution in [0.1, 0.15) is 36.4 Å². The molecular weight excluding hydrogens is 392 g/mol. The number of thiophene rings is 1. The summed E-state index contributed by atoms with van der Waals surface area (Å²) in [5, 5.41) is 18.7. The number of carbonyl (C=O) groups excluding carboxylic acids is 1. The Morgan fingerprint density at radius 1 is 1.33 bits per heavy atom. The van der Waals surface area contributed by atoms with Gasteiger partial charge >= 0.3 is 5.97 Å². The molecule has 0 spiro atoms. The van der Waals surface area contributed by atoms with Gasteiger partial charge in [-0.1, -0.05) is 28.1 Å². The Labute approximate surface area is 151 Å². The molecule has 1 aliphatic heterocycles. The van der Waals surface area contributed by atoms with Gasteiger partial charge in [-0.3, -0.25) is 9.59 Å². The number of amides is 1. The lowest BCUT2D eigenvalue weighted by Crippen LogP contribution is -2.27. The van der Waals surface area contributed by atoms with E-state index >= 15 is 0 Å². The number of hydrogen-bond acceptors (Lipinski definition) is 4. The number of carbonyl (C=O) groups is 2. The van der Waals surface area contributed by atoms with Crippen LogP contribution in [0, 0.1) is 0 Å². The van der Waals surface area contributed by atoms with E-state index in [1.165, 1.54) is 5.01 Å². The van der Waals surface area contributed by atoms with E-state index < -0.39 is 5.97 Å². The lowest BCUT2D eigenvalue weighted by molar-refractivity contribution is -0.141. The average molecular weight is 407 g/mol. The maximum absolute atomic E-state index is 12.5. The predicted octanol–water partition coefficient (Wildman–Crippen LogP) is 4.05. The Morgan fingerprint density at radius 2 is 2.17 bits per heavy atom. The molecule has 0 bridgehead atoms. The van der Waals surface area contributed by atoms with Crippen LogP contribution in [-0.2, 0) is 9.59 Å². The van der Waals surface area contributed by atoms with Crippen molar-refractivity contribution in [1.29, 1.82) is 0 Å². The molecule has 24 heavy (non-hydrogen) atoms. The highest BCUT2D eigenvalue weighted by Crippen LogP contribution is 2.34. The molecule has 0 saturated heterocycles. The van der Waals surface area contributed by atoms with Gasteiger partial charge in [0.25, 0.3) is 0 Å². The zero-order valence-electron chi connectivity index (χ0n) is 12.7. The van der Waals surface area contributed by atoms with Crippen LogP contribution < -0.4 is 0 Å². The molecule has 0 aliphatic carbocycles. The molecular formula is C17H15BrN2O3S. The predicted molar refractivity (Wildman–Crippen MR) is 96.1 cm³/mol. The number of carboxylic acid groups (broad SMARTS) is 1. The summed E-state index contributed by atoms with van der Waals surface area (Å²) >= 11 is 5.03. The van der Waals surface area contributed by atoms with E-state index in [0.717, 1.165) is 21.3 Å². The summed E-state index contributed by atoms with van der Waals surface area (Å²) in [5.74, 6) is -1.25. The maximum atomic E-state index is 12.5. The minimum Gasteiger partial charge on any atom is -0.481 e. The van der Waals surface area contributed by atoms with Gasteiger partial charge in [0.15, 0.2) is 0 Å². The van der Waals surface area contributed by atoms with Gasteiger partial charge < -0.3 is 5.11 Å². The van der Waals surface area contributed by atoms with Crippen LogP contribution in [-0.4, -0.2) is 27.7 Å². The first-order valence-corrected chi connectivity index (χ1v) is 9.17. The van der Waals surface area contributed by atoms with E-state index in [1.54, 1.807) is 11.3 Å². The molecule has 1 amide bonds. The lowest BCUT2D eigenvalue weighted by atomic mass is 9.99. The molecule has 2 aromatic rings. The third kappa shape index (κ3) is 3.73. The van der Waals surface area contributed by atoms with Crippen molar-refractivity contribution < 1.29 is 14.7 Å². The zero-order chi connectivity index (χ0) is 17.1. The van der Waals surface area contributed by atoms with E-state index in [1.807, 2.05) is 41.1 Å². The topological polar surface area (TPSA) is 70.0 Å². The number of carboxylic acids is 1. The summed E-state index contributed by atoms with van der Waals surface area (Å²) in [4.78, 5) is 23.2. The monoisotopic (exact) mass is 406 g/mol. The normalized spacial score (nSPS) is 17.0. The third-order valence-electron chi connectivity index (χ3n) is 3.81. The Balaban J connectivity index is 1.89. The molecule has 0 saturated carbocycles. The van der Waals surface area contributed by atoms with Gasteiger partial charge in [0, 0.05) is 22.9 Å². The fourth-order valence-electron chi connectivity index (χ4n) is 2.65. The molecule has 0 unspecified atom stereocenters. The number of aliphatic carboxylic acids is 1. The second kappa shape index (κ2) is 7.27.